The van der Waals surface area contributed by atoms with Gasteiger partial charge in [-0.3, -0.25) is 9.59 Å². The number of thiazole rings is 1. The number of thioether (sulfide) groups is 1. The van der Waals surface area contributed by atoms with Gasteiger partial charge < -0.3 is 14.8 Å². The van der Waals surface area contributed by atoms with Crippen LogP contribution in [0.4, 0.5) is 5.69 Å². The Hall–Kier alpha value is -2.84. The summed E-state index contributed by atoms with van der Waals surface area (Å²) >= 11 is 2.83. The van der Waals surface area contributed by atoms with E-state index in [0.29, 0.717) is 34.2 Å². The zero-order valence-corrected chi connectivity index (χ0v) is 18.0. The normalized spacial score (nSPS) is 12.0. The van der Waals surface area contributed by atoms with Crippen molar-refractivity contribution in [2.24, 2.45) is 0 Å². The van der Waals surface area contributed by atoms with Gasteiger partial charge in [-0.2, -0.15) is 0 Å². The average molecular weight is 441 g/mol. The number of anilines is 1. The first kappa shape index (κ1) is 20.4. The number of rotatable bonds is 8. The number of Topliss-reactive ketones (excluding diaryl/α,β-unsaturated/α-hetero) is 1. The van der Waals surface area contributed by atoms with E-state index in [1.807, 2.05) is 29.6 Å². The molecule has 8 heteroatoms. The first-order valence-electron chi connectivity index (χ1n) is 9.49. The number of ether oxygens (including phenoxy) is 2. The molecule has 0 fully saturated rings. The monoisotopic (exact) mass is 440 g/mol. The maximum absolute atomic E-state index is 12.4. The van der Waals surface area contributed by atoms with Gasteiger partial charge in [-0.15, -0.1) is 11.3 Å². The van der Waals surface area contributed by atoms with E-state index in [2.05, 4.69) is 17.2 Å². The highest BCUT2D eigenvalue weighted by Gasteiger charge is 2.15. The van der Waals surface area contributed by atoms with Crippen LogP contribution < -0.4 is 14.8 Å². The van der Waals surface area contributed by atoms with E-state index < -0.39 is 0 Å². The summed E-state index contributed by atoms with van der Waals surface area (Å²) in [5.74, 6) is 1.52. The molecule has 30 heavy (non-hydrogen) atoms. The van der Waals surface area contributed by atoms with E-state index in [1.165, 1.54) is 28.7 Å². The van der Waals surface area contributed by atoms with E-state index in [0.717, 1.165) is 10.8 Å². The summed E-state index contributed by atoms with van der Waals surface area (Å²) in [4.78, 5) is 29.1. The number of nitrogens with zero attached hydrogens (tertiary/aromatic N) is 1. The molecule has 6 nitrogen and oxygen atoms in total. The predicted molar refractivity (Wildman–Crippen MR) is 118 cm³/mol. The fourth-order valence-corrected chi connectivity index (χ4v) is 4.66. The van der Waals surface area contributed by atoms with Gasteiger partial charge in [-0.05, 0) is 24.1 Å². The lowest BCUT2D eigenvalue weighted by Crippen LogP contribution is -2.14. The van der Waals surface area contributed by atoms with Crippen molar-refractivity contribution in [2.75, 3.05) is 17.9 Å². The van der Waals surface area contributed by atoms with Crippen LogP contribution in [-0.2, 0) is 17.6 Å². The van der Waals surface area contributed by atoms with Gasteiger partial charge in [0.15, 0.2) is 21.6 Å². The highest BCUT2D eigenvalue weighted by atomic mass is 32.2. The molecule has 1 aromatic heterocycles. The van der Waals surface area contributed by atoms with Crippen LogP contribution in [0.3, 0.4) is 0 Å². The van der Waals surface area contributed by atoms with Crippen LogP contribution in [-0.4, -0.2) is 29.2 Å². The van der Waals surface area contributed by atoms with E-state index in [1.54, 1.807) is 18.2 Å². The molecular weight excluding hydrogens is 420 g/mol. The number of hydrogen-bond donors (Lipinski definition) is 1. The number of nitrogens with one attached hydrogen (secondary N) is 1. The fraction of sp³-hybridized carbons (Fsp3) is 0.227. The highest BCUT2D eigenvalue weighted by Crippen LogP contribution is 2.34. The van der Waals surface area contributed by atoms with Crippen LogP contribution in [0.15, 0.2) is 52.2 Å². The number of benzene rings is 2. The van der Waals surface area contributed by atoms with Crippen molar-refractivity contribution in [1.29, 1.82) is 0 Å². The average Bonchev–Trinajstić information content (AvgIpc) is 3.41. The molecule has 1 N–H and O–H groups in total. The zero-order chi connectivity index (χ0) is 20.9. The largest absolute Gasteiger partial charge is 0.454 e. The molecule has 0 radical (unpaired) electrons. The second-order valence-electron chi connectivity index (χ2n) is 6.66. The minimum Gasteiger partial charge on any atom is -0.454 e. The SMILES string of the molecule is CCc1ccc(C(=O)CSc2nc(CC(=O)Nc3ccc4c(c3)OCO4)cs2)cc1. The molecule has 0 saturated carbocycles. The number of aryl methyl sites for hydroxylation is 1. The Morgan fingerprint density at radius 1 is 1.13 bits per heavy atom. The Morgan fingerprint density at radius 3 is 2.73 bits per heavy atom. The molecule has 154 valence electrons. The van der Waals surface area contributed by atoms with Crippen LogP contribution in [0.2, 0.25) is 0 Å². The third kappa shape index (κ3) is 5.01. The molecule has 0 unspecified atom stereocenters. The van der Waals surface area contributed by atoms with Gasteiger partial charge in [0.2, 0.25) is 12.7 Å². The van der Waals surface area contributed by atoms with Crippen molar-refractivity contribution in [3.8, 4) is 11.5 Å². The van der Waals surface area contributed by atoms with Crippen molar-refractivity contribution >= 4 is 40.5 Å². The molecule has 0 saturated heterocycles. The number of carbonyl (C=O) groups is 2. The first-order valence-corrected chi connectivity index (χ1v) is 11.4. The molecule has 1 amide bonds. The number of amides is 1. The number of ketones is 1. The van der Waals surface area contributed by atoms with Crippen LogP contribution in [0.25, 0.3) is 0 Å². The van der Waals surface area contributed by atoms with Crippen molar-refractivity contribution in [3.05, 3.63) is 64.7 Å². The van der Waals surface area contributed by atoms with Gasteiger partial charge in [0.1, 0.15) is 0 Å². The summed E-state index contributed by atoms with van der Waals surface area (Å²) in [6.07, 6.45) is 1.12. The lowest BCUT2D eigenvalue weighted by atomic mass is 10.1. The van der Waals surface area contributed by atoms with Crippen LogP contribution in [0.1, 0.15) is 28.5 Å². The number of fused-ring (bicyclic) bond motifs is 1. The van der Waals surface area contributed by atoms with Gasteiger partial charge in [-0.25, -0.2) is 4.98 Å². The predicted octanol–water partition coefficient (Wildman–Crippen LogP) is 4.59. The smallest absolute Gasteiger partial charge is 0.231 e. The summed E-state index contributed by atoms with van der Waals surface area (Å²) in [5, 5.41) is 4.69. The molecule has 2 aromatic carbocycles. The number of aromatic nitrogens is 1. The second kappa shape index (κ2) is 9.32. The van der Waals surface area contributed by atoms with Crippen LogP contribution >= 0.6 is 23.1 Å². The van der Waals surface area contributed by atoms with Crippen LogP contribution in [0, 0.1) is 0 Å². The third-order valence-electron chi connectivity index (χ3n) is 4.54. The zero-order valence-electron chi connectivity index (χ0n) is 16.3. The number of carbonyl (C=O) groups excluding carboxylic acids is 2. The van der Waals surface area contributed by atoms with Gasteiger partial charge >= 0.3 is 0 Å². The van der Waals surface area contributed by atoms with Crippen molar-refractivity contribution in [1.82, 2.24) is 4.98 Å². The molecule has 3 aromatic rings. The van der Waals surface area contributed by atoms with E-state index in [-0.39, 0.29) is 24.9 Å². The van der Waals surface area contributed by atoms with E-state index >= 15 is 0 Å². The highest BCUT2D eigenvalue weighted by molar-refractivity contribution is 8.01. The molecule has 2 heterocycles. The van der Waals surface area contributed by atoms with Gasteiger partial charge in [0.05, 0.1) is 17.9 Å². The van der Waals surface area contributed by atoms with Crippen molar-refractivity contribution in [3.63, 3.8) is 0 Å². The Labute approximate surface area is 182 Å². The molecule has 0 spiro atoms. The Bertz CT molecular complexity index is 1060. The maximum atomic E-state index is 12.4. The lowest BCUT2D eigenvalue weighted by Gasteiger charge is -2.05. The van der Waals surface area contributed by atoms with E-state index in [9.17, 15) is 9.59 Å². The molecule has 0 aliphatic carbocycles. The van der Waals surface area contributed by atoms with Crippen molar-refractivity contribution < 1.29 is 19.1 Å². The van der Waals surface area contributed by atoms with Gasteiger partial charge in [-0.1, -0.05) is 43.0 Å². The molecule has 4 rings (SSSR count). The summed E-state index contributed by atoms with van der Waals surface area (Å²) in [7, 11) is 0. The quantitative estimate of drug-likeness (QED) is 0.408. The van der Waals surface area contributed by atoms with Crippen molar-refractivity contribution in [2.45, 2.75) is 24.1 Å². The standard InChI is InChI=1S/C22H20N2O4S2/c1-2-14-3-5-15(6-4-14)18(25)12-30-22-24-17(11-29-22)10-21(26)23-16-7-8-19-20(9-16)28-13-27-19/h3-9,11H,2,10,12-13H2,1H3,(H,23,26). The minimum absolute atomic E-state index is 0.0694. The maximum Gasteiger partial charge on any atom is 0.231 e. The summed E-state index contributed by atoms with van der Waals surface area (Å²) in [6.45, 7) is 2.28. The second-order valence-corrected chi connectivity index (χ2v) is 8.74. The molecule has 0 bridgehead atoms. The van der Waals surface area contributed by atoms with Gasteiger partial charge in [0, 0.05) is 22.7 Å². The summed E-state index contributed by atoms with van der Waals surface area (Å²) in [5.41, 5.74) is 3.25. The first-order chi connectivity index (χ1) is 14.6. The third-order valence-corrected chi connectivity index (χ3v) is 6.61. The van der Waals surface area contributed by atoms with E-state index in [4.69, 9.17) is 9.47 Å². The Kier molecular flexibility index (Phi) is 6.35. The topological polar surface area (TPSA) is 77.5 Å². The van der Waals surface area contributed by atoms with Gasteiger partial charge in [0.25, 0.3) is 0 Å². The Balaban J connectivity index is 1.28. The molecule has 0 atom stereocenters. The number of hydrogen-bond acceptors (Lipinski definition) is 7. The lowest BCUT2D eigenvalue weighted by molar-refractivity contribution is -0.115. The molecular formula is C22H20N2O4S2. The summed E-state index contributed by atoms with van der Waals surface area (Å²) < 4.78 is 11.4. The molecule has 1 aliphatic rings. The molecule has 1 aliphatic heterocycles. The fourth-order valence-electron chi connectivity index (χ4n) is 2.92. The van der Waals surface area contributed by atoms with Crippen LogP contribution in [0.5, 0.6) is 11.5 Å². The Morgan fingerprint density at radius 2 is 1.93 bits per heavy atom. The summed E-state index contributed by atoms with van der Waals surface area (Å²) in [6, 6.07) is 13.0. The minimum atomic E-state index is -0.164.